The average molecular weight is 543 g/mol. The number of nitrogens with zero attached hydrogens (tertiary/aromatic N) is 3. The molecule has 1 amide bonds. The van der Waals surface area contributed by atoms with Crippen molar-refractivity contribution in [3.05, 3.63) is 29.8 Å². The van der Waals surface area contributed by atoms with Gasteiger partial charge in [-0.25, -0.2) is 4.79 Å². The summed E-state index contributed by atoms with van der Waals surface area (Å²) in [6.07, 6.45) is 4.14. The zero-order valence-electron chi connectivity index (χ0n) is 19.1. The van der Waals surface area contributed by atoms with Crippen LogP contribution in [0.5, 0.6) is 0 Å². The number of hydrogen-bond donors (Lipinski definition) is 2. The number of nitrogens with one attached hydrogen (secondary N) is 2. The van der Waals surface area contributed by atoms with Crippen LogP contribution in [-0.2, 0) is 11.3 Å². The van der Waals surface area contributed by atoms with Gasteiger partial charge in [0.05, 0.1) is 6.61 Å². The highest BCUT2D eigenvalue weighted by Gasteiger charge is 2.24. The summed E-state index contributed by atoms with van der Waals surface area (Å²) in [6, 6.07) is 9.17. The molecule has 0 bridgehead atoms. The Morgan fingerprint density at radius 1 is 1.10 bits per heavy atom. The molecular formula is C23H38IN5O2. The van der Waals surface area contributed by atoms with Crippen molar-refractivity contribution in [2.45, 2.75) is 52.1 Å². The van der Waals surface area contributed by atoms with Gasteiger partial charge in [-0.05, 0) is 56.2 Å². The topological polar surface area (TPSA) is 69.2 Å². The minimum absolute atomic E-state index is 0. The molecule has 2 saturated heterocycles. The van der Waals surface area contributed by atoms with Gasteiger partial charge in [0.1, 0.15) is 0 Å². The van der Waals surface area contributed by atoms with Gasteiger partial charge in [0.25, 0.3) is 0 Å². The van der Waals surface area contributed by atoms with E-state index in [2.05, 4.69) is 51.7 Å². The summed E-state index contributed by atoms with van der Waals surface area (Å²) in [5, 5.41) is 6.90. The fourth-order valence-electron chi connectivity index (χ4n) is 4.09. The number of halogens is 1. The van der Waals surface area contributed by atoms with Crippen molar-refractivity contribution < 1.29 is 9.53 Å². The Balaban J connectivity index is 0.00000341. The molecule has 2 heterocycles. The van der Waals surface area contributed by atoms with E-state index >= 15 is 0 Å². The minimum Gasteiger partial charge on any atom is -0.450 e. The van der Waals surface area contributed by atoms with Crippen LogP contribution >= 0.6 is 24.0 Å². The lowest BCUT2D eigenvalue weighted by atomic mass is 9.99. The molecule has 3 rings (SSSR count). The zero-order valence-corrected chi connectivity index (χ0v) is 21.4. The lowest BCUT2D eigenvalue weighted by Crippen LogP contribution is -2.49. The van der Waals surface area contributed by atoms with Crippen molar-refractivity contribution >= 4 is 41.7 Å². The number of hydrogen-bond acceptors (Lipinski definition) is 4. The van der Waals surface area contributed by atoms with Crippen LogP contribution in [0.3, 0.4) is 0 Å². The first-order chi connectivity index (χ1) is 14.6. The summed E-state index contributed by atoms with van der Waals surface area (Å²) in [5.74, 6) is 1.65. The number of aliphatic imine (C=N–C) groups is 1. The zero-order chi connectivity index (χ0) is 21.3. The summed E-state index contributed by atoms with van der Waals surface area (Å²) in [4.78, 5) is 20.5. The van der Waals surface area contributed by atoms with Crippen LogP contribution in [0.1, 0.15) is 45.1 Å². The number of benzene rings is 1. The van der Waals surface area contributed by atoms with Crippen molar-refractivity contribution in [1.82, 2.24) is 15.5 Å². The summed E-state index contributed by atoms with van der Waals surface area (Å²) in [7, 11) is 1.80. The molecule has 0 radical (unpaired) electrons. The van der Waals surface area contributed by atoms with E-state index in [1.165, 1.54) is 24.1 Å². The first-order valence-electron chi connectivity index (χ1n) is 11.3. The maximum Gasteiger partial charge on any atom is 0.409 e. The Morgan fingerprint density at radius 3 is 2.32 bits per heavy atom. The number of carbonyl (C=O) groups is 1. The van der Waals surface area contributed by atoms with E-state index in [-0.39, 0.29) is 30.1 Å². The second-order valence-electron chi connectivity index (χ2n) is 8.37. The number of anilines is 1. The molecule has 0 aliphatic carbocycles. The third-order valence-corrected chi connectivity index (χ3v) is 6.13. The average Bonchev–Trinajstić information content (AvgIpc) is 2.78. The monoisotopic (exact) mass is 543 g/mol. The second kappa shape index (κ2) is 13.0. The van der Waals surface area contributed by atoms with Crippen molar-refractivity contribution in [3.8, 4) is 0 Å². The molecule has 2 aliphatic rings. The molecular weight excluding hydrogens is 505 g/mol. The Hall–Kier alpha value is -1.71. The predicted molar refractivity (Wildman–Crippen MR) is 137 cm³/mol. The Bertz CT molecular complexity index is 696. The minimum atomic E-state index is -0.207. The fraction of sp³-hybridized carbons (Fsp3) is 0.652. The van der Waals surface area contributed by atoms with Crippen LogP contribution in [0.2, 0.25) is 0 Å². The molecule has 31 heavy (non-hydrogen) atoms. The molecule has 2 N–H and O–H groups in total. The molecule has 0 unspecified atom stereocenters. The van der Waals surface area contributed by atoms with Crippen molar-refractivity contribution in [2.75, 3.05) is 44.7 Å². The van der Waals surface area contributed by atoms with Crippen LogP contribution in [0, 0.1) is 5.92 Å². The molecule has 8 heteroatoms. The number of ether oxygens (including phenoxy) is 1. The highest BCUT2D eigenvalue weighted by atomic mass is 127. The normalized spacial score (nSPS) is 18.4. The van der Waals surface area contributed by atoms with Gasteiger partial charge in [0, 0.05) is 51.5 Å². The lowest BCUT2D eigenvalue weighted by molar-refractivity contribution is 0.0963. The lowest BCUT2D eigenvalue weighted by Gasteiger charge is -2.32. The maximum atomic E-state index is 11.8. The largest absolute Gasteiger partial charge is 0.450 e. The quantitative estimate of drug-likeness (QED) is 0.336. The van der Waals surface area contributed by atoms with Gasteiger partial charge in [0.15, 0.2) is 5.96 Å². The van der Waals surface area contributed by atoms with Gasteiger partial charge in [-0.2, -0.15) is 0 Å². The van der Waals surface area contributed by atoms with Crippen LogP contribution in [0.15, 0.2) is 29.3 Å². The van der Waals surface area contributed by atoms with Gasteiger partial charge in [-0.15, -0.1) is 24.0 Å². The molecule has 0 saturated carbocycles. The van der Waals surface area contributed by atoms with Crippen molar-refractivity contribution in [3.63, 3.8) is 0 Å². The molecule has 1 aromatic rings. The number of carbonyl (C=O) groups excluding carboxylic acids is 1. The third-order valence-electron chi connectivity index (χ3n) is 6.13. The molecule has 0 atom stereocenters. The number of rotatable bonds is 5. The standard InChI is InChI=1S/C23H37N5O2.HI/c1-4-30-23(29)28-15-11-20(12-16-28)26-22(24-3)25-17-19-5-7-21(8-6-19)27-13-9-18(2)10-14-27;/h5-8,18,20H,4,9-17H2,1-3H3,(H2,24,25,26);1H. The van der Waals surface area contributed by atoms with Gasteiger partial charge in [-0.1, -0.05) is 19.1 Å². The number of guanidine groups is 1. The Morgan fingerprint density at radius 2 is 1.74 bits per heavy atom. The van der Waals surface area contributed by atoms with Crippen LogP contribution < -0.4 is 15.5 Å². The highest BCUT2D eigenvalue weighted by Crippen LogP contribution is 2.23. The first-order valence-corrected chi connectivity index (χ1v) is 11.3. The molecule has 0 spiro atoms. The number of piperidine rings is 2. The SMILES string of the molecule is CCOC(=O)N1CCC(NC(=NC)NCc2ccc(N3CCC(C)CC3)cc2)CC1.I. The van der Waals surface area contributed by atoms with Crippen molar-refractivity contribution in [1.29, 1.82) is 0 Å². The van der Waals surface area contributed by atoms with E-state index in [0.717, 1.165) is 44.4 Å². The Labute approximate surface area is 204 Å². The Kier molecular flexibility index (Phi) is 10.7. The van der Waals surface area contributed by atoms with Crippen LogP contribution in [-0.4, -0.2) is 62.8 Å². The molecule has 2 fully saturated rings. The van der Waals surface area contributed by atoms with Crippen LogP contribution in [0.4, 0.5) is 10.5 Å². The first kappa shape index (κ1) is 25.5. The molecule has 1 aromatic carbocycles. The summed E-state index contributed by atoms with van der Waals surface area (Å²) in [5.41, 5.74) is 2.56. The summed E-state index contributed by atoms with van der Waals surface area (Å²) in [6.45, 7) is 9.08. The van der Waals surface area contributed by atoms with E-state index < -0.39 is 0 Å². The predicted octanol–water partition coefficient (Wildman–Crippen LogP) is 3.83. The summed E-state index contributed by atoms with van der Waals surface area (Å²) < 4.78 is 5.09. The van der Waals surface area contributed by atoms with E-state index in [1.807, 2.05) is 6.92 Å². The summed E-state index contributed by atoms with van der Waals surface area (Å²) >= 11 is 0. The third kappa shape index (κ3) is 7.73. The number of likely N-dealkylation sites (tertiary alicyclic amines) is 1. The fourth-order valence-corrected chi connectivity index (χ4v) is 4.09. The smallest absolute Gasteiger partial charge is 0.409 e. The molecule has 174 valence electrons. The van der Waals surface area contributed by atoms with E-state index in [0.29, 0.717) is 25.7 Å². The van der Waals surface area contributed by atoms with Gasteiger partial charge < -0.3 is 25.2 Å². The van der Waals surface area contributed by atoms with E-state index in [9.17, 15) is 4.79 Å². The number of amides is 1. The second-order valence-corrected chi connectivity index (χ2v) is 8.37. The van der Waals surface area contributed by atoms with Crippen molar-refractivity contribution in [2.24, 2.45) is 10.9 Å². The van der Waals surface area contributed by atoms with E-state index in [4.69, 9.17) is 4.74 Å². The molecule has 7 nitrogen and oxygen atoms in total. The molecule has 0 aromatic heterocycles. The van der Waals surface area contributed by atoms with Gasteiger partial charge >= 0.3 is 6.09 Å². The van der Waals surface area contributed by atoms with E-state index in [1.54, 1.807) is 11.9 Å². The molecule has 2 aliphatic heterocycles. The van der Waals surface area contributed by atoms with Gasteiger partial charge in [-0.3, -0.25) is 4.99 Å². The highest BCUT2D eigenvalue weighted by molar-refractivity contribution is 14.0. The van der Waals surface area contributed by atoms with Gasteiger partial charge in [0.2, 0.25) is 0 Å². The van der Waals surface area contributed by atoms with Crippen LogP contribution in [0.25, 0.3) is 0 Å². The maximum absolute atomic E-state index is 11.8.